The van der Waals surface area contributed by atoms with Crippen LogP contribution in [0.25, 0.3) is 11.1 Å². The zero-order valence-electron chi connectivity index (χ0n) is 22.8. The summed E-state index contributed by atoms with van der Waals surface area (Å²) in [5.41, 5.74) is 4.02. The Balaban J connectivity index is 1.32. The number of rotatable bonds is 7. The van der Waals surface area contributed by atoms with Crippen LogP contribution < -0.4 is 21.1 Å². The predicted octanol–water partition coefficient (Wildman–Crippen LogP) is 5.16. The maximum atomic E-state index is 13.6. The third kappa shape index (κ3) is 6.73. The number of nitrogens with one attached hydrogen (secondary N) is 2. The molecular formula is C32H32N6O3. The molecule has 0 spiro atoms. The summed E-state index contributed by atoms with van der Waals surface area (Å²) in [6.45, 7) is 0.340. The molecule has 9 heteroatoms. The summed E-state index contributed by atoms with van der Waals surface area (Å²) in [5.74, 6) is 0.923. The molecule has 0 unspecified atom stereocenters. The number of benzene rings is 2. The smallest absolute Gasteiger partial charge is 0.322 e. The lowest BCUT2D eigenvalue weighted by Gasteiger charge is -2.37. The van der Waals surface area contributed by atoms with Crippen LogP contribution in [-0.4, -0.2) is 32.8 Å². The van der Waals surface area contributed by atoms with Crippen molar-refractivity contribution in [1.29, 1.82) is 5.26 Å². The summed E-state index contributed by atoms with van der Waals surface area (Å²) in [6, 6.07) is 23.7. The molecule has 0 bridgehead atoms. The Morgan fingerprint density at radius 1 is 1.00 bits per heavy atom. The number of aromatic nitrogens is 2. The largest absolute Gasteiger partial charge is 0.508 e. The number of urea groups is 1. The molecule has 2 aromatic heterocycles. The zero-order valence-corrected chi connectivity index (χ0v) is 22.8. The molecule has 2 aromatic carbocycles. The van der Waals surface area contributed by atoms with Crippen LogP contribution in [0.5, 0.6) is 5.75 Å². The number of aryl methyl sites for hydroxylation is 1. The molecule has 2 amide bonds. The van der Waals surface area contributed by atoms with E-state index >= 15 is 0 Å². The molecule has 1 saturated carbocycles. The molecule has 0 radical (unpaired) electrons. The van der Waals surface area contributed by atoms with E-state index in [0.717, 1.165) is 53.9 Å². The molecule has 0 aliphatic heterocycles. The van der Waals surface area contributed by atoms with Gasteiger partial charge in [0.1, 0.15) is 17.6 Å². The highest BCUT2D eigenvalue weighted by Crippen LogP contribution is 2.31. The maximum Gasteiger partial charge on any atom is 0.322 e. The van der Waals surface area contributed by atoms with E-state index in [1.165, 1.54) is 0 Å². The van der Waals surface area contributed by atoms with Crippen molar-refractivity contribution in [3.8, 4) is 22.9 Å². The number of hydrogen-bond donors (Lipinski definition) is 3. The van der Waals surface area contributed by atoms with Crippen LogP contribution in [0.1, 0.15) is 36.8 Å². The van der Waals surface area contributed by atoms with Gasteiger partial charge in [-0.05, 0) is 84.8 Å². The third-order valence-corrected chi connectivity index (χ3v) is 7.47. The number of nitrogens with zero attached hydrogens (tertiary/aromatic N) is 4. The summed E-state index contributed by atoms with van der Waals surface area (Å²) >= 11 is 0. The fraction of sp³-hybridized carbons (Fsp3) is 0.250. The van der Waals surface area contributed by atoms with Gasteiger partial charge in [-0.2, -0.15) is 5.26 Å². The number of nitriles is 1. The molecule has 0 atom stereocenters. The Bertz CT molecular complexity index is 1580. The van der Waals surface area contributed by atoms with Crippen molar-refractivity contribution >= 4 is 17.5 Å². The lowest BCUT2D eigenvalue weighted by Crippen LogP contribution is -2.48. The lowest BCUT2D eigenvalue weighted by atomic mass is 9.89. The molecule has 1 fully saturated rings. The first-order valence-electron chi connectivity index (χ1n) is 13.6. The maximum absolute atomic E-state index is 13.6. The minimum atomic E-state index is -0.182. The zero-order chi connectivity index (χ0) is 28.8. The number of aromatic hydroxyl groups is 1. The molecule has 9 nitrogen and oxygen atoms in total. The molecule has 2 heterocycles. The summed E-state index contributed by atoms with van der Waals surface area (Å²) in [6.07, 6.45) is 6.71. The highest BCUT2D eigenvalue weighted by Gasteiger charge is 2.30. The number of pyridine rings is 2. The van der Waals surface area contributed by atoms with Crippen molar-refractivity contribution in [1.82, 2.24) is 14.9 Å². The van der Waals surface area contributed by atoms with Crippen LogP contribution in [0.4, 0.5) is 16.3 Å². The molecule has 208 valence electrons. The Hall–Kier alpha value is -5.10. The fourth-order valence-electron chi connectivity index (χ4n) is 5.18. The van der Waals surface area contributed by atoms with E-state index in [2.05, 4.69) is 21.7 Å². The summed E-state index contributed by atoms with van der Waals surface area (Å²) in [5, 5.41) is 25.1. The van der Waals surface area contributed by atoms with Crippen LogP contribution in [0.2, 0.25) is 0 Å². The van der Waals surface area contributed by atoms with Crippen molar-refractivity contribution in [2.75, 3.05) is 10.2 Å². The third-order valence-electron chi connectivity index (χ3n) is 7.47. The second-order valence-corrected chi connectivity index (χ2v) is 10.3. The SMILES string of the molecule is Cn1cc(-c2ccc(N(C(=O)NCc3ccc(O)cc3)[C@H]3CC[C@H](Nc4ccc(C#N)cn4)CC3)cc2)ccc1=O. The number of phenols is 1. The standard InChI is InChI=1S/C32H32N6O3/c1-37-21-25(7-17-31(37)40)24-5-10-27(11-6-24)38(32(41)35-19-22-2-14-29(39)15-3-22)28-12-8-26(9-13-28)36-30-16-4-23(18-33)20-34-30/h2-7,10-11,14-17,20-21,26,28,39H,8-9,12-13,19H2,1H3,(H,34,36)(H,35,41)/t26-,28-. The lowest BCUT2D eigenvalue weighted by molar-refractivity contribution is 0.240. The van der Waals surface area contributed by atoms with Crippen molar-refractivity contribution in [3.05, 3.63) is 107 Å². The van der Waals surface area contributed by atoms with Gasteiger partial charge in [-0.1, -0.05) is 24.3 Å². The Morgan fingerprint density at radius 3 is 2.34 bits per heavy atom. The first kappa shape index (κ1) is 27.5. The molecule has 1 aliphatic carbocycles. The van der Waals surface area contributed by atoms with Crippen molar-refractivity contribution in [2.45, 2.75) is 44.3 Å². The minimum absolute atomic E-state index is 0.00480. The normalized spacial score (nSPS) is 16.4. The number of amides is 2. The molecule has 1 aliphatic rings. The van der Waals surface area contributed by atoms with Crippen LogP contribution in [0.3, 0.4) is 0 Å². The van der Waals surface area contributed by atoms with E-state index in [0.29, 0.717) is 12.1 Å². The second-order valence-electron chi connectivity index (χ2n) is 10.3. The molecule has 0 saturated heterocycles. The van der Waals surface area contributed by atoms with E-state index in [9.17, 15) is 14.7 Å². The number of anilines is 2. The van der Waals surface area contributed by atoms with Gasteiger partial charge in [0.05, 0.1) is 5.56 Å². The topological polar surface area (TPSA) is 123 Å². The van der Waals surface area contributed by atoms with Gasteiger partial charge in [-0.3, -0.25) is 9.69 Å². The Kier molecular flexibility index (Phi) is 8.30. The van der Waals surface area contributed by atoms with Gasteiger partial charge in [0.25, 0.3) is 0 Å². The Labute approximate surface area is 238 Å². The first-order chi connectivity index (χ1) is 19.9. The number of hydrogen-bond acceptors (Lipinski definition) is 6. The van der Waals surface area contributed by atoms with Crippen molar-refractivity contribution in [3.63, 3.8) is 0 Å². The van der Waals surface area contributed by atoms with Gasteiger partial charge in [0.15, 0.2) is 0 Å². The Morgan fingerprint density at radius 2 is 1.71 bits per heavy atom. The van der Waals surface area contributed by atoms with Gasteiger partial charge < -0.3 is 20.3 Å². The van der Waals surface area contributed by atoms with Crippen LogP contribution in [-0.2, 0) is 13.6 Å². The molecule has 3 N–H and O–H groups in total. The number of carbonyl (C=O) groups excluding carboxylic acids is 1. The van der Waals surface area contributed by atoms with Crippen LogP contribution >= 0.6 is 0 Å². The average Bonchev–Trinajstić information content (AvgIpc) is 3.00. The number of phenolic OH excluding ortho intramolecular Hbond substituents is 1. The van der Waals surface area contributed by atoms with Gasteiger partial charge in [-0.25, -0.2) is 9.78 Å². The van der Waals surface area contributed by atoms with Gasteiger partial charge in [0, 0.05) is 49.8 Å². The van der Waals surface area contributed by atoms with E-state index in [-0.39, 0.29) is 29.4 Å². The van der Waals surface area contributed by atoms with Gasteiger partial charge in [-0.15, -0.1) is 0 Å². The van der Waals surface area contributed by atoms with Crippen molar-refractivity contribution < 1.29 is 9.90 Å². The fourth-order valence-corrected chi connectivity index (χ4v) is 5.18. The second kappa shape index (κ2) is 12.4. The minimum Gasteiger partial charge on any atom is -0.508 e. The summed E-state index contributed by atoms with van der Waals surface area (Å²) < 4.78 is 1.55. The molecule has 41 heavy (non-hydrogen) atoms. The van der Waals surface area contributed by atoms with Gasteiger partial charge in [0.2, 0.25) is 5.56 Å². The van der Waals surface area contributed by atoms with E-state index in [1.54, 1.807) is 66.5 Å². The monoisotopic (exact) mass is 548 g/mol. The molecule has 4 aromatic rings. The highest BCUT2D eigenvalue weighted by molar-refractivity contribution is 5.93. The summed E-state index contributed by atoms with van der Waals surface area (Å²) in [4.78, 5) is 31.6. The van der Waals surface area contributed by atoms with E-state index in [4.69, 9.17) is 5.26 Å². The molecular weight excluding hydrogens is 516 g/mol. The quantitative estimate of drug-likeness (QED) is 0.293. The summed E-state index contributed by atoms with van der Waals surface area (Å²) in [7, 11) is 1.73. The van der Waals surface area contributed by atoms with Gasteiger partial charge >= 0.3 is 6.03 Å². The average molecular weight is 549 g/mol. The highest BCUT2D eigenvalue weighted by atomic mass is 16.3. The first-order valence-corrected chi connectivity index (χ1v) is 13.6. The van der Waals surface area contributed by atoms with Crippen LogP contribution in [0.15, 0.2) is 90.0 Å². The van der Waals surface area contributed by atoms with Crippen LogP contribution in [0, 0.1) is 11.3 Å². The predicted molar refractivity (Wildman–Crippen MR) is 159 cm³/mol. The molecule has 5 rings (SSSR count). The van der Waals surface area contributed by atoms with Crippen molar-refractivity contribution in [2.24, 2.45) is 7.05 Å². The van der Waals surface area contributed by atoms with E-state index in [1.807, 2.05) is 35.2 Å². The number of carbonyl (C=O) groups is 1. The van der Waals surface area contributed by atoms with E-state index < -0.39 is 0 Å².